The zero-order valence-corrected chi connectivity index (χ0v) is 13.5. The third kappa shape index (κ3) is 5.59. The Morgan fingerprint density at radius 2 is 1.95 bits per heavy atom. The van der Waals surface area contributed by atoms with E-state index < -0.39 is 6.10 Å². The van der Waals surface area contributed by atoms with Crippen LogP contribution in [0.15, 0.2) is 41.8 Å². The van der Waals surface area contributed by atoms with Crippen LogP contribution in [0.2, 0.25) is 0 Å². The van der Waals surface area contributed by atoms with E-state index in [0.29, 0.717) is 13.2 Å². The van der Waals surface area contributed by atoms with Crippen LogP contribution in [0.25, 0.3) is 0 Å². The molecule has 0 aliphatic carbocycles. The molecule has 0 fully saturated rings. The maximum absolute atomic E-state index is 10.1. The molecule has 21 heavy (non-hydrogen) atoms. The molecule has 1 aromatic heterocycles. The van der Waals surface area contributed by atoms with Gasteiger partial charge in [0.2, 0.25) is 0 Å². The third-order valence-corrected chi connectivity index (χ3v) is 4.29. The van der Waals surface area contributed by atoms with Gasteiger partial charge < -0.3 is 14.7 Å². The van der Waals surface area contributed by atoms with Gasteiger partial charge in [0.15, 0.2) is 0 Å². The van der Waals surface area contributed by atoms with Gasteiger partial charge >= 0.3 is 0 Å². The first-order valence-corrected chi connectivity index (χ1v) is 8.05. The average molecular weight is 305 g/mol. The first-order valence-electron chi connectivity index (χ1n) is 7.17. The zero-order chi connectivity index (χ0) is 15.1. The van der Waals surface area contributed by atoms with Gasteiger partial charge in [0.1, 0.15) is 6.10 Å². The highest BCUT2D eigenvalue weighted by Gasteiger charge is 2.11. The first kappa shape index (κ1) is 16.2. The molecule has 1 heterocycles. The Balaban J connectivity index is 1.81. The van der Waals surface area contributed by atoms with Crippen molar-refractivity contribution in [1.82, 2.24) is 4.90 Å². The molecule has 0 aliphatic rings. The monoisotopic (exact) mass is 305 g/mol. The SMILES string of the molecule is CN(C)CCOCC(O)c1cc(Cc2ccccc2)cs1. The summed E-state index contributed by atoms with van der Waals surface area (Å²) in [6.07, 6.45) is 0.382. The van der Waals surface area contributed by atoms with Gasteiger partial charge in [0, 0.05) is 11.4 Å². The molecule has 4 heteroatoms. The summed E-state index contributed by atoms with van der Waals surface area (Å²) in [5, 5.41) is 12.3. The number of thiophene rings is 1. The van der Waals surface area contributed by atoms with E-state index in [4.69, 9.17) is 4.74 Å². The second-order valence-electron chi connectivity index (χ2n) is 5.41. The van der Waals surface area contributed by atoms with E-state index >= 15 is 0 Å². The van der Waals surface area contributed by atoms with E-state index in [1.807, 2.05) is 20.2 Å². The minimum Gasteiger partial charge on any atom is -0.385 e. The Hall–Kier alpha value is -1.20. The van der Waals surface area contributed by atoms with Gasteiger partial charge in [0.25, 0.3) is 0 Å². The van der Waals surface area contributed by atoms with E-state index in [1.165, 1.54) is 11.1 Å². The van der Waals surface area contributed by atoms with Crippen molar-refractivity contribution in [1.29, 1.82) is 0 Å². The van der Waals surface area contributed by atoms with Crippen LogP contribution in [-0.2, 0) is 11.2 Å². The molecule has 0 spiro atoms. The number of nitrogens with zero attached hydrogens (tertiary/aromatic N) is 1. The van der Waals surface area contributed by atoms with Crippen molar-refractivity contribution in [2.75, 3.05) is 33.9 Å². The number of benzene rings is 1. The van der Waals surface area contributed by atoms with Gasteiger partial charge in [-0.2, -0.15) is 0 Å². The summed E-state index contributed by atoms with van der Waals surface area (Å²) in [5.74, 6) is 0. The van der Waals surface area contributed by atoms with Crippen LogP contribution in [0.1, 0.15) is 22.1 Å². The lowest BCUT2D eigenvalue weighted by atomic mass is 10.1. The molecule has 1 unspecified atom stereocenters. The Bertz CT molecular complexity index is 525. The standard InChI is InChI=1S/C17H23NO2S/c1-18(2)8-9-20-12-16(19)17-11-15(13-21-17)10-14-6-4-3-5-7-14/h3-7,11,13,16,19H,8-10,12H2,1-2H3. The maximum atomic E-state index is 10.1. The summed E-state index contributed by atoms with van der Waals surface area (Å²) in [6, 6.07) is 12.5. The van der Waals surface area contributed by atoms with Crippen molar-refractivity contribution in [2.45, 2.75) is 12.5 Å². The first-order chi connectivity index (χ1) is 10.1. The van der Waals surface area contributed by atoms with Crippen molar-refractivity contribution in [3.05, 3.63) is 57.8 Å². The maximum Gasteiger partial charge on any atom is 0.111 e. The molecule has 114 valence electrons. The summed E-state index contributed by atoms with van der Waals surface area (Å²) in [7, 11) is 4.02. The van der Waals surface area contributed by atoms with Crippen LogP contribution in [0.4, 0.5) is 0 Å². The quantitative estimate of drug-likeness (QED) is 0.761. The number of aliphatic hydroxyl groups is 1. The van der Waals surface area contributed by atoms with E-state index in [1.54, 1.807) is 11.3 Å². The average Bonchev–Trinajstić information content (AvgIpc) is 2.93. The van der Waals surface area contributed by atoms with Crippen LogP contribution in [0.3, 0.4) is 0 Å². The number of hydrogen-bond donors (Lipinski definition) is 1. The van der Waals surface area contributed by atoms with Crippen molar-refractivity contribution in [3.8, 4) is 0 Å². The van der Waals surface area contributed by atoms with Gasteiger partial charge in [0.05, 0.1) is 13.2 Å². The lowest BCUT2D eigenvalue weighted by Gasteiger charge is -2.12. The molecule has 1 N–H and O–H groups in total. The topological polar surface area (TPSA) is 32.7 Å². The van der Waals surface area contributed by atoms with Gasteiger partial charge in [-0.25, -0.2) is 0 Å². The summed E-state index contributed by atoms with van der Waals surface area (Å²) in [4.78, 5) is 3.04. The number of ether oxygens (including phenoxy) is 1. The third-order valence-electron chi connectivity index (χ3n) is 3.21. The van der Waals surface area contributed by atoms with E-state index in [-0.39, 0.29) is 0 Å². The van der Waals surface area contributed by atoms with Crippen molar-refractivity contribution >= 4 is 11.3 Å². The molecular weight excluding hydrogens is 282 g/mol. The van der Waals surface area contributed by atoms with Gasteiger partial charge in [-0.3, -0.25) is 0 Å². The molecule has 0 amide bonds. The number of hydrogen-bond acceptors (Lipinski definition) is 4. The molecule has 0 radical (unpaired) electrons. The summed E-state index contributed by atoms with van der Waals surface area (Å²) < 4.78 is 5.50. The Kier molecular flexibility index (Phi) is 6.39. The van der Waals surface area contributed by atoms with Crippen molar-refractivity contribution in [2.24, 2.45) is 0 Å². The fourth-order valence-electron chi connectivity index (χ4n) is 2.02. The molecule has 0 aliphatic heterocycles. The lowest BCUT2D eigenvalue weighted by molar-refractivity contribution is 0.0323. The second kappa shape index (κ2) is 8.29. The minimum atomic E-state index is -0.526. The van der Waals surface area contributed by atoms with Gasteiger partial charge in [-0.15, -0.1) is 11.3 Å². The lowest BCUT2D eigenvalue weighted by Crippen LogP contribution is -2.19. The second-order valence-corrected chi connectivity index (χ2v) is 6.36. The molecule has 2 aromatic rings. The van der Waals surface area contributed by atoms with Crippen molar-refractivity contribution in [3.63, 3.8) is 0 Å². The van der Waals surface area contributed by atoms with Crippen LogP contribution in [0.5, 0.6) is 0 Å². The van der Waals surface area contributed by atoms with Crippen LogP contribution in [0, 0.1) is 0 Å². The normalized spacial score (nSPS) is 12.8. The fraction of sp³-hybridized carbons (Fsp3) is 0.412. The molecular formula is C17H23NO2S. The fourth-order valence-corrected chi connectivity index (χ4v) is 2.90. The molecule has 1 atom stereocenters. The van der Waals surface area contributed by atoms with Gasteiger partial charge in [-0.05, 0) is 43.1 Å². The van der Waals surface area contributed by atoms with E-state index in [0.717, 1.165) is 17.8 Å². The smallest absolute Gasteiger partial charge is 0.111 e. The van der Waals surface area contributed by atoms with E-state index in [9.17, 15) is 5.11 Å². The predicted octanol–water partition coefficient (Wildman–Crippen LogP) is 2.95. The summed E-state index contributed by atoms with van der Waals surface area (Å²) >= 11 is 1.60. The van der Waals surface area contributed by atoms with Crippen LogP contribution < -0.4 is 0 Å². The number of rotatable bonds is 8. The Morgan fingerprint density at radius 1 is 1.19 bits per heavy atom. The molecule has 2 rings (SSSR count). The molecule has 0 saturated carbocycles. The van der Waals surface area contributed by atoms with Crippen LogP contribution in [-0.4, -0.2) is 43.9 Å². The van der Waals surface area contributed by atoms with Crippen molar-refractivity contribution < 1.29 is 9.84 Å². The highest BCUT2D eigenvalue weighted by atomic mass is 32.1. The minimum absolute atomic E-state index is 0.360. The Labute approximate surface area is 130 Å². The highest BCUT2D eigenvalue weighted by molar-refractivity contribution is 7.10. The van der Waals surface area contributed by atoms with Gasteiger partial charge in [-0.1, -0.05) is 30.3 Å². The van der Waals surface area contributed by atoms with Crippen LogP contribution >= 0.6 is 11.3 Å². The number of aliphatic hydroxyl groups excluding tert-OH is 1. The Morgan fingerprint density at radius 3 is 2.67 bits per heavy atom. The summed E-state index contributed by atoms with van der Waals surface area (Å²) in [5.41, 5.74) is 2.53. The number of likely N-dealkylation sites (N-methyl/N-ethyl adjacent to an activating group) is 1. The molecule has 1 aromatic carbocycles. The summed E-state index contributed by atoms with van der Waals surface area (Å²) in [6.45, 7) is 1.88. The molecule has 0 saturated heterocycles. The molecule has 3 nitrogen and oxygen atoms in total. The molecule has 0 bridgehead atoms. The predicted molar refractivity (Wildman–Crippen MR) is 87.9 cm³/mol. The largest absolute Gasteiger partial charge is 0.385 e. The van der Waals surface area contributed by atoms with E-state index in [2.05, 4.69) is 40.6 Å². The zero-order valence-electron chi connectivity index (χ0n) is 12.7. The highest BCUT2D eigenvalue weighted by Crippen LogP contribution is 2.24.